The first-order valence-electron chi connectivity index (χ1n) is 9.73. The van der Waals surface area contributed by atoms with Gasteiger partial charge in [-0.15, -0.1) is 0 Å². The Balaban J connectivity index is 2.38. The maximum Gasteiger partial charge on any atom is 0.308 e. The van der Waals surface area contributed by atoms with Gasteiger partial charge in [0, 0.05) is 19.4 Å². The molecule has 0 bridgehead atoms. The van der Waals surface area contributed by atoms with E-state index in [1.807, 2.05) is 19.9 Å². The lowest BCUT2D eigenvalue weighted by Gasteiger charge is -2.15. The number of methoxy groups -OCH3 is 1. The lowest BCUT2D eigenvalue weighted by atomic mass is 10.00. The highest BCUT2D eigenvalue weighted by Gasteiger charge is 2.20. The number of carbonyl (C=O) groups is 3. The molecule has 0 saturated heterocycles. The summed E-state index contributed by atoms with van der Waals surface area (Å²) in [6, 6.07) is 10.0. The van der Waals surface area contributed by atoms with Crippen molar-refractivity contribution in [1.82, 2.24) is 0 Å². The summed E-state index contributed by atoms with van der Waals surface area (Å²) in [7, 11) is 1.53. The van der Waals surface area contributed by atoms with Gasteiger partial charge in [0.15, 0.2) is 5.78 Å². The van der Waals surface area contributed by atoms with Crippen molar-refractivity contribution in [3.05, 3.63) is 70.8 Å². The summed E-state index contributed by atoms with van der Waals surface area (Å²) in [6.07, 6.45) is 5.47. The summed E-state index contributed by atoms with van der Waals surface area (Å²) in [5.74, 6) is -0.0844. The molecular weight excluding hydrogens is 396 g/mol. The fourth-order valence-corrected chi connectivity index (χ4v) is 2.83. The van der Waals surface area contributed by atoms with Crippen LogP contribution in [0.5, 0.6) is 17.2 Å². The number of allylic oxidation sites excluding steroid dienone is 3. The van der Waals surface area contributed by atoms with Crippen LogP contribution in [0.2, 0.25) is 0 Å². The predicted octanol–water partition coefficient (Wildman–Crippen LogP) is 4.95. The number of ether oxygens (including phenoxy) is 3. The van der Waals surface area contributed by atoms with E-state index in [0.29, 0.717) is 23.5 Å². The van der Waals surface area contributed by atoms with Gasteiger partial charge in [-0.05, 0) is 56.2 Å². The fraction of sp³-hybridized carbons (Fsp3) is 0.240. The van der Waals surface area contributed by atoms with E-state index in [2.05, 4.69) is 0 Å². The first-order chi connectivity index (χ1) is 14.7. The van der Waals surface area contributed by atoms with Crippen LogP contribution in [0.3, 0.4) is 0 Å². The zero-order valence-corrected chi connectivity index (χ0v) is 18.4. The van der Waals surface area contributed by atoms with Gasteiger partial charge in [0.2, 0.25) is 0 Å². The maximum absolute atomic E-state index is 12.9. The Hall–Kier alpha value is -3.67. The van der Waals surface area contributed by atoms with Crippen molar-refractivity contribution in [1.29, 1.82) is 0 Å². The van der Waals surface area contributed by atoms with Gasteiger partial charge < -0.3 is 14.2 Å². The summed E-state index contributed by atoms with van der Waals surface area (Å²) in [5.41, 5.74) is 2.73. The molecule has 0 aliphatic heterocycles. The van der Waals surface area contributed by atoms with Gasteiger partial charge in [0.05, 0.1) is 12.7 Å². The van der Waals surface area contributed by atoms with Crippen LogP contribution >= 0.6 is 0 Å². The Morgan fingerprint density at radius 2 is 1.52 bits per heavy atom. The van der Waals surface area contributed by atoms with Crippen LogP contribution in [-0.4, -0.2) is 24.8 Å². The average Bonchev–Trinajstić information content (AvgIpc) is 2.70. The number of benzene rings is 2. The summed E-state index contributed by atoms with van der Waals surface area (Å²) < 4.78 is 15.8. The van der Waals surface area contributed by atoms with E-state index >= 15 is 0 Å². The number of ketones is 1. The van der Waals surface area contributed by atoms with Crippen LogP contribution in [0.1, 0.15) is 49.2 Å². The zero-order chi connectivity index (χ0) is 23.0. The van der Waals surface area contributed by atoms with E-state index in [0.717, 1.165) is 11.1 Å². The standard InChI is InChI=1S/C25H26O6/c1-16(2)6-12-22-24(29-5)15-13-21(25(22)31-18(4)27)23(28)14-9-19-7-10-20(11-8-19)30-17(3)26/h6-11,13-15H,12H2,1-5H3. The molecule has 0 unspecified atom stereocenters. The Morgan fingerprint density at radius 1 is 0.871 bits per heavy atom. The molecule has 0 fully saturated rings. The third-order valence-corrected chi connectivity index (χ3v) is 4.23. The van der Waals surface area contributed by atoms with Crippen LogP contribution in [0.15, 0.2) is 54.1 Å². The molecule has 2 aromatic carbocycles. The SMILES string of the molecule is COc1ccc(C(=O)C=Cc2ccc(OC(C)=O)cc2)c(OC(C)=O)c1CC=C(C)C. The second-order valence-corrected chi connectivity index (χ2v) is 7.06. The number of carbonyl (C=O) groups excluding carboxylic acids is 3. The van der Waals surface area contributed by atoms with Crippen LogP contribution in [0.25, 0.3) is 6.08 Å². The molecule has 0 N–H and O–H groups in total. The smallest absolute Gasteiger partial charge is 0.308 e. The van der Waals surface area contributed by atoms with Crippen molar-refractivity contribution < 1.29 is 28.6 Å². The Labute approximate surface area is 182 Å². The predicted molar refractivity (Wildman–Crippen MR) is 119 cm³/mol. The topological polar surface area (TPSA) is 78.9 Å². The van der Waals surface area contributed by atoms with E-state index in [1.165, 1.54) is 27.0 Å². The van der Waals surface area contributed by atoms with Crippen molar-refractivity contribution in [2.45, 2.75) is 34.1 Å². The summed E-state index contributed by atoms with van der Waals surface area (Å²) in [6.45, 7) is 6.54. The van der Waals surface area contributed by atoms with Gasteiger partial charge in [0.25, 0.3) is 0 Å². The molecule has 0 saturated carbocycles. The van der Waals surface area contributed by atoms with E-state index in [9.17, 15) is 14.4 Å². The summed E-state index contributed by atoms with van der Waals surface area (Å²) >= 11 is 0. The largest absolute Gasteiger partial charge is 0.496 e. The number of rotatable bonds is 8. The Morgan fingerprint density at radius 3 is 2.06 bits per heavy atom. The van der Waals surface area contributed by atoms with Gasteiger partial charge in [-0.3, -0.25) is 14.4 Å². The molecule has 0 aromatic heterocycles. The molecule has 0 radical (unpaired) electrons. The molecule has 2 rings (SSSR count). The van der Waals surface area contributed by atoms with E-state index in [-0.39, 0.29) is 17.1 Å². The highest BCUT2D eigenvalue weighted by molar-refractivity contribution is 6.09. The molecule has 31 heavy (non-hydrogen) atoms. The highest BCUT2D eigenvalue weighted by atomic mass is 16.5. The monoisotopic (exact) mass is 422 g/mol. The van der Waals surface area contributed by atoms with Crippen molar-refractivity contribution >= 4 is 23.8 Å². The van der Waals surface area contributed by atoms with E-state index < -0.39 is 11.9 Å². The van der Waals surface area contributed by atoms with Gasteiger partial charge in [-0.1, -0.05) is 29.9 Å². The van der Waals surface area contributed by atoms with Crippen LogP contribution < -0.4 is 14.2 Å². The second-order valence-electron chi connectivity index (χ2n) is 7.06. The lowest BCUT2D eigenvalue weighted by Crippen LogP contribution is -2.10. The highest BCUT2D eigenvalue weighted by Crippen LogP contribution is 2.34. The molecule has 0 amide bonds. The maximum atomic E-state index is 12.9. The minimum absolute atomic E-state index is 0.198. The van der Waals surface area contributed by atoms with Gasteiger partial charge in [-0.2, -0.15) is 0 Å². The van der Waals surface area contributed by atoms with Gasteiger partial charge in [0.1, 0.15) is 17.2 Å². The van der Waals surface area contributed by atoms with Crippen molar-refractivity contribution in [3.8, 4) is 17.2 Å². The first kappa shape index (κ1) is 23.6. The summed E-state index contributed by atoms with van der Waals surface area (Å²) in [5, 5.41) is 0. The Kier molecular flexibility index (Phi) is 8.32. The molecule has 0 spiro atoms. The molecule has 0 atom stereocenters. The molecule has 2 aromatic rings. The molecule has 162 valence electrons. The normalized spacial score (nSPS) is 10.5. The average molecular weight is 422 g/mol. The molecule has 6 nitrogen and oxygen atoms in total. The van der Waals surface area contributed by atoms with Crippen LogP contribution in [-0.2, 0) is 16.0 Å². The molecule has 0 aliphatic rings. The summed E-state index contributed by atoms with van der Waals surface area (Å²) in [4.78, 5) is 35.6. The van der Waals surface area contributed by atoms with Crippen LogP contribution in [0.4, 0.5) is 0 Å². The molecular formula is C25H26O6. The minimum Gasteiger partial charge on any atom is -0.496 e. The van der Waals surface area contributed by atoms with E-state index in [4.69, 9.17) is 14.2 Å². The van der Waals surface area contributed by atoms with E-state index in [1.54, 1.807) is 42.5 Å². The van der Waals surface area contributed by atoms with Gasteiger partial charge >= 0.3 is 11.9 Å². The quantitative estimate of drug-likeness (QED) is 0.197. The third kappa shape index (κ3) is 6.96. The fourth-order valence-electron chi connectivity index (χ4n) is 2.83. The first-order valence-corrected chi connectivity index (χ1v) is 9.73. The second kappa shape index (κ2) is 10.9. The number of hydrogen-bond acceptors (Lipinski definition) is 6. The molecule has 6 heteroatoms. The van der Waals surface area contributed by atoms with Crippen molar-refractivity contribution in [2.75, 3.05) is 7.11 Å². The molecule has 0 heterocycles. The minimum atomic E-state index is -0.522. The lowest BCUT2D eigenvalue weighted by molar-refractivity contribution is -0.132. The van der Waals surface area contributed by atoms with Crippen LogP contribution in [0, 0.1) is 0 Å². The number of hydrogen-bond donors (Lipinski definition) is 0. The third-order valence-electron chi connectivity index (χ3n) is 4.23. The molecule has 0 aliphatic carbocycles. The zero-order valence-electron chi connectivity index (χ0n) is 18.4. The van der Waals surface area contributed by atoms with Crippen molar-refractivity contribution in [3.63, 3.8) is 0 Å². The van der Waals surface area contributed by atoms with Crippen molar-refractivity contribution in [2.24, 2.45) is 0 Å². The number of esters is 2. The Bertz CT molecular complexity index is 1020. The van der Waals surface area contributed by atoms with Gasteiger partial charge in [-0.25, -0.2) is 0 Å².